The van der Waals surface area contributed by atoms with Crippen LogP contribution in [0.15, 0.2) is 42.7 Å². The lowest BCUT2D eigenvalue weighted by atomic mass is 10.0. The predicted octanol–water partition coefficient (Wildman–Crippen LogP) is 1.68. The molecule has 4 nitrogen and oxygen atoms in total. The van der Waals surface area contributed by atoms with Gasteiger partial charge in [0.05, 0.1) is 17.8 Å². The summed E-state index contributed by atoms with van der Waals surface area (Å²) in [5.41, 5.74) is 2.81. The second kappa shape index (κ2) is 3.91. The van der Waals surface area contributed by atoms with Crippen LogP contribution in [0.2, 0.25) is 0 Å². The summed E-state index contributed by atoms with van der Waals surface area (Å²) in [7, 11) is 3.55. The van der Waals surface area contributed by atoms with Gasteiger partial charge in [-0.05, 0) is 12.1 Å². The molecule has 0 spiro atoms. The van der Waals surface area contributed by atoms with Crippen LogP contribution in [0.3, 0.4) is 0 Å². The molecule has 2 aliphatic rings. The SMILES string of the molecule is CN(C)C(=O)C1=CN2C=CCN2c2ccccc21. The van der Waals surface area contributed by atoms with Gasteiger partial charge in [-0.25, -0.2) is 0 Å². The van der Waals surface area contributed by atoms with E-state index in [1.807, 2.05) is 41.7 Å². The fraction of sp³-hybridized carbons (Fsp3) is 0.214. The van der Waals surface area contributed by atoms with E-state index in [2.05, 4.69) is 11.1 Å². The number of para-hydroxylation sites is 1. The lowest BCUT2D eigenvalue weighted by molar-refractivity contribution is -0.122. The number of likely N-dealkylation sites (N-methyl/N-ethyl adjacent to an activating group) is 1. The highest BCUT2D eigenvalue weighted by molar-refractivity contribution is 6.21. The minimum atomic E-state index is 0.0300. The predicted molar refractivity (Wildman–Crippen MR) is 71.4 cm³/mol. The van der Waals surface area contributed by atoms with Gasteiger partial charge in [0.25, 0.3) is 5.91 Å². The first-order chi connectivity index (χ1) is 8.68. The number of carbonyl (C=O) groups excluding carboxylic acids is 1. The molecule has 0 bridgehead atoms. The van der Waals surface area contributed by atoms with Crippen LogP contribution in [0.1, 0.15) is 5.56 Å². The molecule has 0 saturated heterocycles. The number of carbonyl (C=O) groups is 1. The van der Waals surface area contributed by atoms with Gasteiger partial charge in [0.15, 0.2) is 0 Å². The Morgan fingerprint density at radius 1 is 1.28 bits per heavy atom. The molecule has 1 aromatic rings. The molecule has 0 aromatic heterocycles. The molecule has 3 rings (SSSR count). The van der Waals surface area contributed by atoms with Crippen LogP contribution in [-0.4, -0.2) is 36.5 Å². The van der Waals surface area contributed by atoms with E-state index < -0.39 is 0 Å². The topological polar surface area (TPSA) is 26.8 Å². The first-order valence-electron chi connectivity index (χ1n) is 5.94. The van der Waals surface area contributed by atoms with Gasteiger partial charge in [-0.3, -0.25) is 14.8 Å². The first-order valence-corrected chi connectivity index (χ1v) is 5.94. The Morgan fingerprint density at radius 2 is 2.06 bits per heavy atom. The molecule has 0 radical (unpaired) electrons. The maximum Gasteiger partial charge on any atom is 0.255 e. The van der Waals surface area contributed by atoms with Gasteiger partial charge in [-0.1, -0.05) is 18.2 Å². The molecular formula is C14H15N3O. The highest BCUT2D eigenvalue weighted by Crippen LogP contribution is 2.35. The van der Waals surface area contributed by atoms with Crippen molar-refractivity contribution >= 4 is 17.2 Å². The molecule has 0 unspecified atom stereocenters. The van der Waals surface area contributed by atoms with Gasteiger partial charge in [0.2, 0.25) is 0 Å². The van der Waals surface area contributed by atoms with E-state index in [1.165, 1.54) is 0 Å². The third kappa shape index (κ3) is 1.49. The second-order valence-electron chi connectivity index (χ2n) is 4.61. The minimum Gasteiger partial charge on any atom is -0.345 e. The molecule has 92 valence electrons. The molecule has 0 fully saturated rings. The van der Waals surface area contributed by atoms with Crippen LogP contribution >= 0.6 is 0 Å². The summed E-state index contributed by atoms with van der Waals surface area (Å²) >= 11 is 0. The number of rotatable bonds is 1. The molecule has 1 aromatic carbocycles. The van der Waals surface area contributed by atoms with Crippen molar-refractivity contribution in [1.82, 2.24) is 9.91 Å². The number of anilines is 1. The third-order valence-corrected chi connectivity index (χ3v) is 3.19. The van der Waals surface area contributed by atoms with Crippen molar-refractivity contribution in [1.29, 1.82) is 0 Å². The zero-order valence-electron chi connectivity index (χ0n) is 10.5. The van der Waals surface area contributed by atoms with E-state index in [0.29, 0.717) is 0 Å². The van der Waals surface area contributed by atoms with Gasteiger partial charge < -0.3 is 4.90 Å². The van der Waals surface area contributed by atoms with Gasteiger partial charge >= 0.3 is 0 Å². The Bertz CT molecular complexity index is 560. The number of hydrazine groups is 1. The van der Waals surface area contributed by atoms with Crippen molar-refractivity contribution in [3.63, 3.8) is 0 Å². The lowest BCUT2D eigenvalue weighted by Crippen LogP contribution is -2.37. The number of fused-ring (bicyclic) bond motifs is 3. The minimum absolute atomic E-state index is 0.0300. The normalized spacial score (nSPS) is 16.2. The van der Waals surface area contributed by atoms with E-state index in [9.17, 15) is 4.79 Å². The Kier molecular flexibility index (Phi) is 2.37. The standard InChI is InChI=1S/C14H15N3O/c1-15(2)14(18)12-10-16-8-5-9-17(16)13-7-4-3-6-11(12)13/h3-8,10H,9H2,1-2H3. The number of hydrogen-bond donors (Lipinski definition) is 0. The quantitative estimate of drug-likeness (QED) is 0.748. The highest BCUT2D eigenvalue weighted by Gasteiger charge is 2.28. The average Bonchev–Trinajstić information content (AvgIpc) is 2.85. The van der Waals surface area contributed by atoms with Crippen molar-refractivity contribution in [3.8, 4) is 0 Å². The maximum atomic E-state index is 12.2. The molecule has 0 aliphatic carbocycles. The van der Waals surface area contributed by atoms with Crippen LogP contribution in [-0.2, 0) is 4.79 Å². The van der Waals surface area contributed by atoms with Crippen molar-refractivity contribution in [3.05, 3.63) is 48.3 Å². The molecule has 0 N–H and O–H groups in total. The maximum absolute atomic E-state index is 12.2. The third-order valence-electron chi connectivity index (χ3n) is 3.19. The Morgan fingerprint density at radius 3 is 2.83 bits per heavy atom. The summed E-state index contributed by atoms with van der Waals surface area (Å²) in [5, 5.41) is 4.11. The highest BCUT2D eigenvalue weighted by atomic mass is 16.2. The van der Waals surface area contributed by atoms with Crippen molar-refractivity contribution in [2.75, 3.05) is 25.6 Å². The lowest BCUT2D eigenvalue weighted by Gasteiger charge is -2.35. The summed E-state index contributed by atoms with van der Waals surface area (Å²) in [6, 6.07) is 8.01. The van der Waals surface area contributed by atoms with E-state index in [0.717, 1.165) is 23.4 Å². The molecule has 18 heavy (non-hydrogen) atoms. The van der Waals surface area contributed by atoms with Gasteiger partial charge in [-0.15, -0.1) is 0 Å². The number of amides is 1. The fourth-order valence-corrected chi connectivity index (χ4v) is 2.30. The number of hydrogen-bond acceptors (Lipinski definition) is 3. The Balaban J connectivity index is 2.13. The summed E-state index contributed by atoms with van der Waals surface area (Å²) in [4.78, 5) is 13.8. The summed E-state index contributed by atoms with van der Waals surface area (Å²) in [6.45, 7) is 0.844. The van der Waals surface area contributed by atoms with E-state index in [4.69, 9.17) is 0 Å². The van der Waals surface area contributed by atoms with Crippen molar-refractivity contribution in [2.45, 2.75) is 0 Å². The van der Waals surface area contributed by atoms with Crippen LogP contribution in [0.25, 0.3) is 5.57 Å². The van der Waals surface area contributed by atoms with Crippen LogP contribution in [0, 0.1) is 0 Å². The van der Waals surface area contributed by atoms with Crippen molar-refractivity contribution < 1.29 is 4.79 Å². The zero-order valence-corrected chi connectivity index (χ0v) is 10.5. The smallest absolute Gasteiger partial charge is 0.255 e. The Hall–Kier alpha value is -2.23. The summed E-state index contributed by atoms with van der Waals surface area (Å²) < 4.78 is 0. The molecule has 4 heteroatoms. The second-order valence-corrected chi connectivity index (χ2v) is 4.61. The van der Waals surface area contributed by atoms with Gasteiger partial charge in [-0.2, -0.15) is 0 Å². The largest absolute Gasteiger partial charge is 0.345 e. The molecule has 0 saturated carbocycles. The number of benzene rings is 1. The van der Waals surface area contributed by atoms with Crippen LogP contribution in [0.4, 0.5) is 5.69 Å². The molecule has 0 atom stereocenters. The molecule has 1 amide bonds. The molecule has 2 heterocycles. The first kappa shape index (κ1) is 10.9. The monoisotopic (exact) mass is 241 g/mol. The number of nitrogens with zero attached hydrogens (tertiary/aromatic N) is 3. The fourth-order valence-electron chi connectivity index (χ4n) is 2.30. The van der Waals surface area contributed by atoms with E-state index in [-0.39, 0.29) is 5.91 Å². The van der Waals surface area contributed by atoms with Gasteiger partial charge in [0, 0.05) is 32.1 Å². The van der Waals surface area contributed by atoms with E-state index in [1.54, 1.807) is 19.0 Å². The van der Waals surface area contributed by atoms with Crippen LogP contribution in [0.5, 0.6) is 0 Å². The summed E-state index contributed by atoms with van der Waals surface area (Å²) in [6.07, 6.45) is 5.96. The molecular weight excluding hydrogens is 226 g/mol. The Labute approximate surface area is 106 Å². The molecule has 2 aliphatic heterocycles. The summed E-state index contributed by atoms with van der Waals surface area (Å²) in [5.74, 6) is 0.0300. The van der Waals surface area contributed by atoms with E-state index >= 15 is 0 Å². The van der Waals surface area contributed by atoms with Crippen molar-refractivity contribution in [2.24, 2.45) is 0 Å². The zero-order chi connectivity index (χ0) is 12.7. The van der Waals surface area contributed by atoms with Crippen LogP contribution < -0.4 is 5.01 Å². The van der Waals surface area contributed by atoms with Gasteiger partial charge in [0.1, 0.15) is 0 Å². The average molecular weight is 241 g/mol.